The van der Waals surface area contributed by atoms with Gasteiger partial charge in [0.25, 0.3) is 0 Å². The van der Waals surface area contributed by atoms with Gasteiger partial charge in [-0.2, -0.15) is 0 Å². The fourth-order valence-electron chi connectivity index (χ4n) is 1.56. The van der Waals surface area contributed by atoms with Crippen molar-refractivity contribution in [2.45, 2.75) is 11.6 Å². The van der Waals surface area contributed by atoms with Gasteiger partial charge in [-0.05, 0) is 29.8 Å². The number of aromatic nitrogens is 1. The molecule has 4 nitrogen and oxygen atoms in total. The van der Waals surface area contributed by atoms with Crippen molar-refractivity contribution in [3.05, 3.63) is 52.9 Å². The van der Waals surface area contributed by atoms with E-state index in [1.807, 2.05) is 0 Å². The number of hydrogen-bond acceptors (Lipinski definition) is 4. The van der Waals surface area contributed by atoms with Gasteiger partial charge >= 0.3 is 0 Å². The molecule has 2 rings (SSSR count). The predicted octanol–water partition coefficient (Wildman–Crippen LogP) is 2.89. The second kappa shape index (κ2) is 5.76. The monoisotopic (exact) mass is 314 g/mol. The molecule has 1 heterocycles. The van der Waals surface area contributed by atoms with E-state index in [0.717, 1.165) is 11.8 Å². The SMILES string of the molecule is CS(=O)(=O)c1ccc(NCc2ccc(F)c(Cl)c2)cn1. The van der Waals surface area contributed by atoms with E-state index in [2.05, 4.69) is 10.3 Å². The summed E-state index contributed by atoms with van der Waals surface area (Å²) in [6.07, 6.45) is 2.53. The molecule has 20 heavy (non-hydrogen) atoms. The van der Waals surface area contributed by atoms with Crippen LogP contribution in [0.4, 0.5) is 10.1 Å². The average Bonchev–Trinajstić information content (AvgIpc) is 2.40. The minimum atomic E-state index is -3.30. The molecule has 1 aromatic heterocycles. The Hall–Kier alpha value is -1.66. The zero-order chi connectivity index (χ0) is 14.8. The molecule has 0 bridgehead atoms. The zero-order valence-corrected chi connectivity index (χ0v) is 12.2. The Morgan fingerprint density at radius 1 is 1.30 bits per heavy atom. The average molecular weight is 315 g/mol. The molecule has 2 aromatic rings. The summed E-state index contributed by atoms with van der Waals surface area (Å²) in [7, 11) is -3.30. The number of nitrogens with zero attached hydrogens (tertiary/aromatic N) is 1. The molecule has 0 spiro atoms. The summed E-state index contributed by atoms with van der Waals surface area (Å²) in [4.78, 5) is 3.86. The number of pyridine rings is 1. The third-order valence-corrected chi connectivity index (χ3v) is 3.89. The van der Waals surface area contributed by atoms with Crippen LogP contribution in [0.1, 0.15) is 5.56 Å². The summed E-state index contributed by atoms with van der Waals surface area (Å²) in [5.74, 6) is -0.463. The Labute approximate surface area is 121 Å². The van der Waals surface area contributed by atoms with E-state index in [0.29, 0.717) is 12.2 Å². The van der Waals surface area contributed by atoms with Crippen LogP contribution in [0.25, 0.3) is 0 Å². The Morgan fingerprint density at radius 3 is 2.60 bits per heavy atom. The summed E-state index contributed by atoms with van der Waals surface area (Å²) < 4.78 is 35.5. The van der Waals surface area contributed by atoms with Crippen LogP contribution in [0, 0.1) is 5.82 Å². The highest BCUT2D eigenvalue weighted by Gasteiger charge is 2.08. The van der Waals surface area contributed by atoms with Gasteiger partial charge in [-0.3, -0.25) is 0 Å². The lowest BCUT2D eigenvalue weighted by Gasteiger charge is -2.07. The quantitative estimate of drug-likeness (QED) is 0.942. The van der Waals surface area contributed by atoms with Gasteiger partial charge in [0.2, 0.25) is 0 Å². The number of nitrogens with one attached hydrogen (secondary N) is 1. The van der Waals surface area contributed by atoms with E-state index < -0.39 is 15.7 Å². The third kappa shape index (κ3) is 3.68. The maximum absolute atomic E-state index is 13.0. The van der Waals surface area contributed by atoms with Crippen LogP contribution in [-0.4, -0.2) is 19.7 Å². The zero-order valence-electron chi connectivity index (χ0n) is 10.6. The summed E-state index contributed by atoms with van der Waals surface area (Å²) in [6.45, 7) is 0.430. The van der Waals surface area contributed by atoms with Crippen molar-refractivity contribution < 1.29 is 12.8 Å². The van der Waals surface area contributed by atoms with Crippen molar-refractivity contribution >= 4 is 27.1 Å². The third-order valence-electron chi connectivity index (χ3n) is 2.60. The van der Waals surface area contributed by atoms with Gasteiger partial charge in [0, 0.05) is 12.8 Å². The molecule has 1 aromatic carbocycles. The topological polar surface area (TPSA) is 59.1 Å². The molecule has 0 saturated heterocycles. The first-order chi connectivity index (χ1) is 9.36. The van der Waals surface area contributed by atoms with E-state index in [1.165, 1.54) is 24.4 Å². The molecule has 1 N–H and O–H groups in total. The van der Waals surface area contributed by atoms with Gasteiger partial charge in [-0.15, -0.1) is 0 Å². The Kier molecular flexibility index (Phi) is 4.25. The summed E-state index contributed by atoms with van der Waals surface area (Å²) in [6, 6.07) is 7.49. The van der Waals surface area contributed by atoms with E-state index in [1.54, 1.807) is 12.1 Å². The maximum Gasteiger partial charge on any atom is 0.192 e. The van der Waals surface area contributed by atoms with Crippen LogP contribution in [-0.2, 0) is 16.4 Å². The van der Waals surface area contributed by atoms with Gasteiger partial charge in [0.15, 0.2) is 14.9 Å². The molecular formula is C13H12ClFN2O2S. The molecule has 0 aliphatic carbocycles. The number of rotatable bonds is 4. The Morgan fingerprint density at radius 2 is 2.05 bits per heavy atom. The largest absolute Gasteiger partial charge is 0.380 e. The molecule has 0 aliphatic rings. The van der Waals surface area contributed by atoms with Crippen LogP contribution in [0.5, 0.6) is 0 Å². The van der Waals surface area contributed by atoms with Crippen LogP contribution in [0.15, 0.2) is 41.6 Å². The summed E-state index contributed by atoms with van der Waals surface area (Å²) >= 11 is 5.68. The minimum absolute atomic E-state index is 0.0212. The van der Waals surface area contributed by atoms with Crippen LogP contribution < -0.4 is 5.32 Å². The Bertz CT molecular complexity index is 718. The van der Waals surface area contributed by atoms with Crippen LogP contribution >= 0.6 is 11.6 Å². The number of halogens is 2. The molecule has 0 unspecified atom stereocenters. The fraction of sp³-hybridized carbons (Fsp3) is 0.154. The van der Waals surface area contributed by atoms with Gasteiger partial charge in [0.05, 0.1) is 16.9 Å². The van der Waals surface area contributed by atoms with Crippen molar-refractivity contribution in [1.82, 2.24) is 4.98 Å². The number of benzene rings is 1. The normalized spacial score (nSPS) is 11.3. The maximum atomic E-state index is 13.0. The fourth-order valence-corrected chi connectivity index (χ4v) is 2.32. The Balaban J connectivity index is 2.06. The lowest BCUT2D eigenvalue weighted by atomic mass is 10.2. The lowest BCUT2D eigenvalue weighted by Crippen LogP contribution is -2.03. The number of anilines is 1. The molecule has 0 fully saturated rings. The number of hydrogen-bond donors (Lipinski definition) is 1. The number of sulfone groups is 1. The van der Waals surface area contributed by atoms with Crippen molar-refractivity contribution in [3.8, 4) is 0 Å². The lowest BCUT2D eigenvalue weighted by molar-refractivity contribution is 0.598. The molecule has 0 saturated carbocycles. The second-order valence-corrected chi connectivity index (χ2v) is 6.63. The smallest absolute Gasteiger partial charge is 0.192 e. The molecule has 7 heteroatoms. The van der Waals surface area contributed by atoms with Gasteiger partial charge in [-0.1, -0.05) is 17.7 Å². The van der Waals surface area contributed by atoms with Crippen molar-refractivity contribution in [2.24, 2.45) is 0 Å². The minimum Gasteiger partial charge on any atom is -0.380 e. The van der Waals surface area contributed by atoms with Crippen molar-refractivity contribution in [1.29, 1.82) is 0 Å². The molecule has 0 atom stereocenters. The van der Waals surface area contributed by atoms with E-state index in [9.17, 15) is 12.8 Å². The van der Waals surface area contributed by atoms with E-state index in [4.69, 9.17) is 11.6 Å². The van der Waals surface area contributed by atoms with E-state index in [-0.39, 0.29) is 10.0 Å². The predicted molar refractivity (Wildman–Crippen MR) is 76.1 cm³/mol. The van der Waals surface area contributed by atoms with Gasteiger partial charge in [-0.25, -0.2) is 17.8 Å². The standard InChI is InChI=1S/C13H12ClFN2O2S/c1-20(18,19)13-5-3-10(8-17-13)16-7-9-2-4-12(15)11(14)6-9/h2-6,8,16H,7H2,1H3. The first-order valence-corrected chi connectivity index (χ1v) is 7.97. The van der Waals surface area contributed by atoms with Crippen molar-refractivity contribution in [2.75, 3.05) is 11.6 Å². The second-order valence-electron chi connectivity index (χ2n) is 4.26. The molecular weight excluding hydrogens is 303 g/mol. The molecule has 0 aliphatic heterocycles. The van der Waals surface area contributed by atoms with Crippen LogP contribution in [0.3, 0.4) is 0 Å². The summed E-state index contributed by atoms with van der Waals surface area (Å²) in [5, 5.41) is 3.13. The molecule has 0 radical (unpaired) electrons. The highest BCUT2D eigenvalue weighted by atomic mass is 35.5. The highest BCUT2D eigenvalue weighted by molar-refractivity contribution is 7.90. The first kappa shape index (κ1) is 14.7. The molecule has 0 amide bonds. The summed E-state index contributed by atoms with van der Waals surface area (Å²) in [5.41, 5.74) is 1.47. The van der Waals surface area contributed by atoms with Crippen LogP contribution in [0.2, 0.25) is 5.02 Å². The molecule has 106 valence electrons. The highest BCUT2D eigenvalue weighted by Crippen LogP contribution is 2.17. The van der Waals surface area contributed by atoms with E-state index >= 15 is 0 Å². The van der Waals surface area contributed by atoms with Gasteiger partial charge in [0.1, 0.15) is 5.82 Å². The first-order valence-electron chi connectivity index (χ1n) is 5.70. The van der Waals surface area contributed by atoms with Gasteiger partial charge < -0.3 is 5.32 Å². The van der Waals surface area contributed by atoms with Crippen molar-refractivity contribution in [3.63, 3.8) is 0 Å².